The van der Waals surface area contributed by atoms with Crippen molar-refractivity contribution in [3.63, 3.8) is 0 Å². The number of carbonyl (C=O) groups excluding carboxylic acids is 3. The molecular weight excluding hydrogens is 436 g/mol. The third-order valence-electron chi connectivity index (χ3n) is 4.23. The zero-order valence-corrected chi connectivity index (χ0v) is 17.8. The molecule has 0 saturated carbocycles. The van der Waals surface area contributed by atoms with Gasteiger partial charge < -0.3 is 22.1 Å². The van der Waals surface area contributed by atoms with Crippen LogP contribution in [0.1, 0.15) is 17.5 Å². The molecule has 2 rings (SSSR count). The molecule has 0 aliphatic rings. The average Bonchev–Trinajstić information content (AvgIpc) is 2.68. The fourth-order valence-corrected chi connectivity index (χ4v) is 2.75. The van der Waals surface area contributed by atoms with E-state index in [-0.39, 0.29) is 29.3 Å². The molecule has 156 valence electrons. The number of primary amides is 1. The second-order valence-corrected chi connectivity index (χ2v) is 6.55. The van der Waals surface area contributed by atoms with Crippen molar-refractivity contribution in [1.29, 1.82) is 0 Å². The Morgan fingerprint density at radius 2 is 1.41 bits per heavy atom. The molecule has 3 amide bonds. The van der Waals surface area contributed by atoms with E-state index in [1.165, 1.54) is 0 Å². The summed E-state index contributed by atoms with van der Waals surface area (Å²) in [6, 6.07) is 17.2. The van der Waals surface area contributed by atoms with Crippen LogP contribution in [0.3, 0.4) is 0 Å². The minimum absolute atomic E-state index is 0. The molecule has 8 heteroatoms. The number of benzene rings is 2. The average molecular weight is 463 g/mol. The Hall–Kier alpha value is -2.71. The summed E-state index contributed by atoms with van der Waals surface area (Å²) in [7, 11) is 0. The van der Waals surface area contributed by atoms with Crippen LogP contribution in [0.4, 0.5) is 0 Å². The van der Waals surface area contributed by atoms with Gasteiger partial charge in [-0.15, -0.1) is 17.0 Å². The SMILES string of the molecule is Br.NC(=O)CC(N)C(=O)NC(Cc1ccccc1)C(=O)NCCc1ccccc1. The van der Waals surface area contributed by atoms with Gasteiger partial charge in [-0.25, -0.2) is 0 Å². The highest BCUT2D eigenvalue weighted by atomic mass is 79.9. The van der Waals surface area contributed by atoms with Gasteiger partial charge in [-0.3, -0.25) is 14.4 Å². The summed E-state index contributed by atoms with van der Waals surface area (Å²) in [4.78, 5) is 35.9. The first-order valence-electron chi connectivity index (χ1n) is 9.15. The minimum Gasteiger partial charge on any atom is -0.370 e. The summed E-state index contributed by atoms with van der Waals surface area (Å²) in [6.07, 6.45) is 0.715. The molecular formula is C21H27BrN4O3. The van der Waals surface area contributed by atoms with Crippen LogP contribution >= 0.6 is 17.0 Å². The molecule has 0 saturated heterocycles. The molecule has 2 atom stereocenters. The highest BCUT2D eigenvalue weighted by molar-refractivity contribution is 8.93. The third kappa shape index (κ3) is 8.89. The molecule has 7 nitrogen and oxygen atoms in total. The molecule has 6 N–H and O–H groups in total. The molecule has 0 heterocycles. The Morgan fingerprint density at radius 3 is 1.97 bits per heavy atom. The lowest BCUT2D eigenvalue weighted by Gasteiger charge is -2.20. The summed E-state index contributed by atoms with van der Waals surface area (Å²) in [6.45, 7) is 0.442. The maximum absolute atomic E-state index is 12.7. The van der Waals surface area contributed by atoms with E-state index < -0.39 is 23.9 Å². The summed E-state index contributed by atoms with van der Waals surface area (Å²) < 4.78 is 0. The van der Waals surface area contributed by atoms with Crippen molar-refractivity contribution in [2.24, 2.45) is 11.5 Å². The highest BCUT2D eigenvalue weighted by Gasteiger charge is 2.24. The quantitative estimate of drug-likeness (QED) is 0.417. The van der Waals surface area contributed by atoms with Gasteiger partial charge in [0, 0.05) is 13.0 Å². The fourth-order valence-electron chi connectivity index (χ4n) is 2.75. The van der Waals surface area contributed by atoms with Crippen LogP contribution in [-0.4, -0.2) is 36.3 Å². The van der Waals surface area contributed by atoms with Gasteiger partial charge in [-0.1, -0.05) is 60.7 Å². The lowest BCUT2D eigenvalue weighted by molar-refractivity contribution is -0.130. The molecule has 0 radical (unpaired) electrons. The van der Waals surface area contributed by atoms with Crippen molar-refractivity contribution in [2.75, 3.05) is 6.54 Å². The van der Waals surface area contributed by atoms with E-state index in [0.717, 1.165) is 11.1 Å². The first-order valence-corrected chi connectivity index (χ1v) is 9.15. The molecule has 0 bridgehead atoms. The summed E-state index contributed by atoms with van der Waals surface area (Å²) in [5.74, 6) is -1.56. The van der Waals surface area contributed by atoms with Gasteiger partial charge in [-0.2, -0.15) is 0 Å². The molecule has 2 aromatic rings. The zero-order chi connectivity index (χ0) is 20.4. The van der Waals surface area contributed by atoms with Gasteiger partial charge in [0.1, 0.15) is 6.04 Å². The number of hydrogen-bond donors (Lipinski definition) is 4. The van der Waals surface area contributed by atoms with Crippen LogP contribution in [0.5, 0.6) is 0 Å². The smallest absolute Gasteiger partial charge is 0.242 e. The van der Waals surface area contributed by atoms with Crippen LogP contribution in [-0.2, 0) is 27.2 Å². The van der Waals surface area contributed by atoms with Gasteiger partial charge in [0.2, 0.25) is 17.7 Å². The molecule has 0 spiro atoms. The third-order valence-corrected chi connectivity index (χ3v) is 4.23. The van der Waals surface area contributed by atoms with E-state index in [1.807, 2.05) is 60.7 Å². The lowest BCUT2D eigenvalue weighted by Crippen LogP contribution is -2.53. The van der Waals surface area contributed by atoms with Crippen LogP contribution in [0.2, 0.25) is 0 Å². The molecule has 0 aliphatic heterocycles. The van der Waals surface area contributed by atoms with Gasteiger partial charge in [0.25, 0.3) is 0 Å². The van der Waals surface area contributed by atoms with Gasteiger partial charge in [0.05, 0.1) is 12.5 Å². The Labute approximate surface area is 181 Å². The van der Waals surface area contributed by atoms with Crippen LogP contribution < -0.4 is 22.1 Å². The van der Waals surface area contributed by atoms with Crippen molar-refractivity contribution in [3.05, 3.63) is 71.8 Å². The largest absolute Gasteiger partial charge is 0.370 e. The number of nitrogens with one attached hydrogen (secondary N) is 2. The molecule has 0 aliphatic carbocycles. The van der Waals surface area contributed by atoms with E-state index in [2.05, 4.69) is 10.6 Å². The summed E-state index contributed by atoms with van der Waals surface area (Å²) >= 11 is 0. The molecule has 0 fully saturated rings. The fraction of sp³-hybridized carbons (Fsp3) is 0.286. The van der Waals surface area contributed by atoms with E-state index in [4.69, 9.17) is 11.5 Å². The van der Waals surface area contributed by atoms with E-state index in [9.17, 15) is 14.4 Å². The Kier molecular flexibility index (Phi) is 10.6. The minimum atomic E-state index is -1.09. The Balaban J connectivity index is 0.00000420. The lowest BCUT2D eigenvalue weighted by atomic mass is 10.0. The van der Waals surface area contributed by atoms with Crippen LogP contribution in [0.25, 0.3) is 0 Å². The maximum Gasteiger partial charge on any atom is 0.242 e. The number of carbonyl (C=O) groups is 3. The van der Waals surface area contributed by atoms with Crippen molar-refractivity contribution in [3.8, 4) is 0 Å². The molecule has 29 heavy (non-hydrogen) atoms. The number of halogens is 1. The highest BCUT2D eigenvalue weighted by Crippen LogP contribution is 2.05. The van der Waals surface area contributed by atoms with Crippen LogP contribution in [0.15, 0.2) is 60.7 Å². The van der Waals surface area contributed by atoms with E-state index in [1.54, 1.807) is 0 Å². The van der Waals surface area contributed by atoms with Crippen molar-refractivity contribution >= 4 is 34.7 Å². The number of rotatable bonds is 10. The van der Waals surface area contributed by atoms with Crippen LogP contribution in [0, 0.1) is 0 Å². The molecule has 2 aromatic carbocycles. The standard InChI is InChI=1S/C21H26N4O3.BrH/c22-17(14-19(23)26)20(27)25-18(13-16-9-5-2-6-10-16)21(28)24-12-11-15-7-3-1-4-8-15;/h1-10,17-18H,11-14,22H2,(H2,23,26)(H,24,28)(H,25,27);1H. The van der Waals surface area contributed by atoms with E-state index >= 15 is 0 Å². The first-order chi connectivity index (χ1) is 13.5. The van der Waals surface area contributed by atoms with Crippen molar-refractivity contribution < 1.29 is 14.4 Å². The summed E-state index contributed by atoms with van der Waals surface area (Å²) in [5, 5.41) is 5.49. The predicted octanol–water partition coefficient (Wildman–Crippen LogP) is 0.853. The number of amides is 3. The first kappa shape index (κ1) is 24.3. The predicted molar refractivity (Wildman–Crippen MR) is 117 cm³/mol. The van der Waals surface area contributed by atoms with Crippen molar-refractivity contribution in [2.45, 2.75) is 31.3 Å². The van der Waals surface area contributed by atoms with Gasteiger partial charge in [0.15, 0.2) is 0 Å². The van der Waals surface area contributed by atoms with Gasteiger partial charge in [-0.05, 0) is 17.5 Å². The number of hydrogen-bond acceptors (Lipinski definition) is 4. The second kappa shape index (κ2) is 12.7. The Morgan fingerprint density at radius 1 is 0.862 bits per heavy atom. The summed E-state index contributed by atoms with van der Waals surface area (Å²) in [5.41, 5.74) is 12.8. The topological polar surface area (TPSA) is 127 Å². The normalized spacial score (nSPS) is 12.2. The zero-order valence-electron chi connectivity index (χ0n) is 16.0. The monoisotopic (exact) mass is 462 g/mol. The molecule has 2 unspecified atom stereocenters. The number of nitrogens with two attached hydrogens (primary N) is 2. The van der Waals surface area contributed by atoms with E-state index in [0.29, 0.717) is 19.4 Å². The maximum atomic E-state index is 12.7. The van der Waals surface area contributed by atoms with Crippen molar-refractivity contribution in [1.82, 2.24) is 10.6 Å². The van der Waals surface area contributed by atoms with Gasteiger partial charge >= 0.3 is 0 Å². The molecule has 0 aromatic heterocycles. The second-order valence-electron chi connectivity index (χ2n) is 6.55. The Bertz CT molecular complexity index is 787.